The fraction of sp³-hybridized carbons (Fsp3) is 0.500. The molecular formula is C12H18N2O3S2. The van der Waals surface area contributed by atoms with E-state index in [0.29, 0.717) is 16.3 Å². The second-order valence-corrected chi connectivity index (χ2v) is 5.83. The Morgan fingerprint density at radius 1 is 1.58 bits per heavy atom. The van der Waals surface area contributed by atoms with Crippen molar-refractivity contribution in [2.45, 2.75) is 19.4 Å². The molecule has 0 saturated carbocycles. The number of carbonyl (C=O) groups is 2. The lowest BCUT2D eigenvalue weighted by molar-refractivity contribution is -0.113. The van der Waals surface area contributed by atoms with Gasteiger partial charge in [-0.3, -0.25) is 4.79 Å². The van der Waals surface area contributed by atoms with Gasteiger partial charge in [0.05, 0.1) is 18.6 Å². The van der Waals surface area contributed by atoms with Gasteiger partial charge >= 0.3 is 5.97 Å². The van der Waals surface area contributed by atoms with Gasteiger partial charge < -0.3 is 15.8 Å². The molecule has 0 aliphatic carbocycles. The number of hydrogen-bond acceptors (Lipinski definition) is 6. The van der Waals surface area contributed by atoms with Crippen molar-refractivity contribution in [3.8, 4) is 0 Å². The molecule has 106 valence electrons. The van der Waals surface area contributed by atoms with Crippen molar-refractivity contribution in [1.82, 2.24) is 0 Å². The van der Waals surface area contributed by atoms with Gasteiger partial charge in [0.25, 0.3) is 0 Å². The van der Waals surface area contributed by atoms with Crippen LogP contribution in [0.15, 0.2) is 11.4 Å². The Hall–Kier alpha value is -1.05. The molecule has 0 aliphatic rings. The van der Waals surface area contributed by atoms with Crippen molar-refractivity contribution in [2.24, 2.45) is 5.73 Å². The highest BCUT2D eigenvalue weighted by molar-refractivity contribution is 8.00. The molecule has 1 aromatic heterocycles. The van der Waals surface area contributed by atoms with E-state index in [1.54, 1.807) is 11.4 Å². The zero-order valence-corrected chi connectivity index (χ0v) is 12.6. The largest absolute Gasteiger partial charge is 0.465 e. The van der Waals surface area contributed by atoms with Crippen LogP contribution < -0.4 is 11.1 Å². The van der Waals surface area contributed by atoms with E-state index < -0.39 is 5.97 Å². The molecule has 5 nitrogen and oxygen atoms in total. The van der Waals surface area contributed by atoms with E-state index in [1.807, 2.05) is 6.92 Å². The monoisotopic (exact) mass is 302 g/mol. The summed E-state index contributed by atoms with van der Waals surface area (Å²) in [6.07, 6.45) is 0.894. The molecule has 0 aromatic carbocycles. The molecule has 1 amide bonds. The average molecular weight is 302 g/mol. The normalized spacial score (nSPS) is 11.9. The topological polar surface area (TPSA) is 81.4 Å². The van der Waals surface area contributed by atoms with Crippen molar-refractivity contribution >= 4 is 40.7 Å². The lowest BCUT2D eigenvalue weighted by Gasteiger charge is -2.08. The summed E-state index contributed by atoms with van der Waals surface area (Å²) in [5.74, 6) is 0.490. The minimum absolute atomic E-state index is 0.115. The first-order valence-corrected chi connectivity index (χ1v) is 7.90. The van der Waals surface area contributed by atoms with Gasteiger partial charge in [-0.15, -0.1) is 11.3 Å². The first-order chi connectivity index (χ1) is 9.08. The van der Waals surface area contributed by atoms with E-state index in [1.165, 1.54) is 30.2 Å². The lowest BCUT2D eigenvalue weighted by atomic mass is 10.3. The summed E-state index contributed by atoms with van der Waals surface area (Å²) < 4.78 is 4.64. The van der Waals surface area contributed by atoms with Crippen LogP contribution in [0.5, 0.6) is 0 Å². The molecule has 0 saturated heterocycles. The van der Waals surface area contributed by atoms with Gasteiger partial charge in [0.15, 0.2) is 0 Å². The number of thioether (sulfide) groups is 1. The van der Waals surface area contributed by atoms with E-state index in [-0.39, 0.29) is 11.9 Å². The molecule has 0 radical (unpaired) electrons. The van der Waals surface area contributed by atoms with Gasteiger partial charge in [0.1, 0.15) is 4.88 Å². The predicted molar refractivity (Wildman–Crippen MR) is 79.9 cm³/mol. The highest BCUT2D eigenvalue weighted by Gasteiger charge is 2.15. The van der Waals surface area contributed by atoms with Crippen molar-refractivity contribution in [1.29, 1.82) is 0 Å². The molecular weight excluding hydrogens is 284 g/mol. The maximum absolute atomic E-state index is 11.7. The van der Waals surface area contributed by atoms with Crippen LogP contribution in [0.4, 0.5) is 5.69 Å². The number of carbonyl (C=O) groups excluding carboxylic acids is 2. The Morgan fingerprint density at radius 2 is 2.32 bits per heavy atom. The van der Waals surface area contributed by atoms with Gasteiger partial charge in [0.2, 0.25) is 5.91 Å². The van der Waals surface area contributed by atoms with Gasteiger partial charge in [-0.05, 0) is 17.9 Å². The van der Waals surface area contributed by atoms with Gasteiger partial charge in [-0.2, -0.15) is 11.8 Å². The van der Waals surface area contributed by atoms with Crippen molar-refractivity contribution in [3.05, 3.63) is 16.3 Å². The first-order valence-electron chi connectivity index (χ1n) is 5.87. The molecule has 1 heterocycles. The zero-order chi connectivity index (χ0) is 14.3. The van der Waals surface area contributed by atoms with Crippen molar-refractivity contribution in [2.75, 3.05) is 23.9 Å². The highest BCUT2D eigenvalue weighted by atomic mass is 32.2. The molecule has 1 atom stereocenters. The Balaban J connectivity index is 2.44. The van der Waals surface area contributed by atoms with Gasteiger partial charge in [0, 0.05) is 11.8 Å². The Kier molecular flexibility index (Phi) is 6.90. The van der Waals surface area contributed by atoms with Crippen LogP contribution in [0.3, 0.4) is 0 Å². The number of anilines is 1. The van der Waals surface area contributed by atoms with E-state index in [9.17, 15) is 9.59 Å². The SMILES string of the molecule is CCC(N)CSCC(=O)Nc1ccsc1C(=O)OC. The second kappa shape index (κ2) is 8.19. The number of methoxy groups -OCH3 is 1. The molecule has 3 N–H and O–H groups in total. The number of nitrogens with two attached hydrogens (primary N) is 1. The molecule has 0 bridgehead atoms. The Labute approximate surface area is 120 Å². The fourth-order valence-corrected chi connectivity index (χ4v) is 2.95. The number of ether oxygens (including phenoxy) is 1. The Morgan fingerprint density at radius 3 is 2.95 bits per heavy atom. The molecule has 0 fully saturated rings. The molecule has 0 spiro atoms. The number of esters is 1. The Bertz CT molecular complexity index is 434. The van der Waals surface area contributed by atoms with Crippen molar-refractivity contribution < 1.29 is 14.3 Å². The molecule has 7 heteroatoms. The smallest absolute Gasteiger partial charge is 0.350 e. The number of rotatable bonds is 7. The third-order valence-electron chi connectivity index (χ3n) is 2.40. The average Bonchev–Trinajstić information content (AvgIpc) is 2.85. The van der Waals surface area contributed by atoms with Crippen molar-refractivity contribution in [3.63, 3.8) is 0 Å². The fourth-order valence-electron chi connectivity index (χ4n) is 1.27. The first kappa shape index (κ1) is 16.0. The van der Waals surface area contributed by atoms with E-state index in [0.717, 1.165) is 12.2 Å². The summed E-state index contributed by atoms with van der Waals surface area (Å²) in [6.45, 7) is 2.01. The maximum Gasteiger partial charge on any atom is 0.350 e. The predicted octanol–water partition coefficient (Wildman–Crippen LogP) is 1.94. The molecule has 1 rings (SSSR count). The lowest BCUT2D eigenvalue weighted by Crippen LogP contribution is -2.23. The summed E-state index contributed by atoms with van der Waals surface area (Å²) in [5.41, 5.74) is 6.27. The van der Waals surface area contributed by atoms with Gasteiger partial charge in [-0.25, -0.2) is 4.79 Å². The van der Waals surface area contributed by atoms with Crippen LogP contribution in [0.1, 0.15) is 23.0 Å². The minimum atomic E-state index is -0.439. The quantitative estimate of drug-likeness (QED) is 0.752. The molecule has 1 aromatic rings. The molecule has 19 heavy (non-hydrogen) atoms. The van der Waals surface area contributed by atoms with Crippen LogP contribution in [0.25, 0.3) is 0 Å². The summed E-state index contributed by atoms with van der Waals surface area (Å²) in [5, 5.41) is 4.44. The standard InChI is InChI=1S/C12H18N2O3S2/c1-3-8(13)6-18-7-10(15)14-9-4-5-19-11(9)12(16)17-2/h4-5,8H,3,6-7,13H2,1-2H3,(H,14,15). The van der Waals surface area contributed by atoms with E-state index in [4.69, 9.17) is 5.73 Å². The summed E-state index contributed by atoms with van der Waals surface area (Å²) in [6, 6.07) is 1.81. The minimum Gasteiger partial charge on any atom is -0.465 e. The van der Waals surface area contributed by atoms with E-state index in [2.05, 4.69) is 10.1 Å². The molecule has 0 aliphatic heterocycles. The number of amides is 1. The number of hydrogen-bond donors (Lipinski definition) is 2. The molecule has 1 unspecified atom stereocenters. The number of nitrogens with one attached hydrogen (secondary N) is 1. The third kappa shape index (κ3) is 5.22. The summed E-state index contributed by atoms with van der Waals surface area (Å²) in [7, 11) is 1.32. The van der Waals surface area contributed by atoms with Crippen LogP contribution >= 0.6 is 23.1 Å². The van der Waals surface area contributed by atoms with Gasteiger partial charge in [-0.1, -0.05) is 6.92 Å². The summed E-state index contributed by atoms with van der Waals surface area (Å²) in [4.78, 5) is 23.6. The number of thiophene rings is 1. The zero-order valence-electron chi connectivity index (χ0n) is 11.0. The van der Waals surface area contributed by atoms with Crippen LogP contribution in [0.2, 0.25) is 0 Å². The highest BCUT2D eigenvalue weighted by Crippen LogP contribution is 2.23. The van der Waals surface area contributed by atoms with Crippen LogP contribution in [0, 0.1) is 0 Å². The van der Waals surface area contributed by atoms with Crippen LogP contribution in [-0.4, -0.2) is 36.5 Å². The maximum atomic E-state index is 11.7. The van der Waals surface area contributed by atoms with Crippen LogP contribution in [-0.2, 0) is 9.53 Å². The second-order valence-electron chi connectivity index (χ2n) is 3.89. The van der Waals surface area contributed by atoms with E-state index >= 15 is 0 Å². The third-order valence-corrected chi connectivity index (χ3v) is 4.42. The summed E-state index contributed by atoms with van der Waals surface area (Å²) >= 11 is 2.73.